The van der Waals surface area contributed by atoms with Gasteiger partial charge in [-0.1, -0.05) is 6.07 Å². The average Bonchev–Trinajstić information content (AvgIpc) is 2.48. The van der Waals surface area contributed by atoms with Gasteiger partial charge in [-0.15, -0.1) is 0 Å². The molecule has 0 saturated carbocycles. The summed E-state index contributed by atoms with van der Waals surface area (Å²) in [5, 5.41) is 12.7. The molecule has 1 aromatic heterocycles. The maximum absolute atomic E-state index is 13.3. The van der Waals surface area contributed by atoms with Crippen molar-refractivity contribution in [3.05, 3.63) is 68.6 Å². The molecule has 0 fully saturated rings. The molecule has 2 atom stereocenters. The molecule has 0 aliphatic heterocycles. The maximum atomic E-state index is 13.3. The van der Waals surface area contributed by atoms with Crippen LogP contribution in [0.3, 0.4) is 0 Å². The first kappa shape index (κ1) is 17.8. The molecule has 0 saturated heterocycles. The Hall–Kier alpha value is -2.54. The molecule has 24 heavy (non-hydrogen) atoms. The fourth-order valence-corrected chi connectivity index (χ4v) is 2.48. The molecule has 1 amide bonds. The minimum Gasteiger partial charge on any atom is -0.386 e. The third-order valence-electron chi connectivity index (χ3n) is 3.71. The SMILES string of the molecule is Cc1cc(C)c(C(=O)NC(C)C(O)c2ccc(F)c(F)c2)c(=O)[nH]1. The highest BCUT2D eigenvalue weighted by atomic mass is 19.2. The lowest BCUT2D eigenvalue weighted by Gasteiger charge is -2.21. The quantitative estimate of drug-likeness (QED) is 0.800. The van der Waals surface area contributed by atoms with Crippen LogP contribution in [0.25, 0.3) is 0 Å². The van der Waals surface area contributed by atoms with E-state index in [1.165, 1.54) is 13.0 Å². The predicted octanol–water partition coefficient (Wildman–Crippen LogP) is 2.12. The molecule has 0 spiro atoms. The normalized spacial score (nSPS) is 13.4. The summed E-state index contributed by atoms with van der Waals surface area (Å²) in [6.45, 7) is 4.83. The molecule has 0 radical (unpaired) electrons. The second-order valence-electron chi connectivity index (χ2n) is 5.72. The molecule has 1 heterocycles. The summed E-state index contributed by atoms with van der Waals surface area (Å²) >= 11 is 0. The minimum absolute atomic E-state index is 0.0510. The standard InChI is InChI=1S/C17H18F2N2O3/c1-8-6-9(2)20-16(23)14(8)17(24)21-10(3)15(22)11-4-5-12(18)13(19)7-11/h4-7,10,15,22H,1-3H3,(H,20,23)(H,21,24). The lowest BCUT2D eigenvalue weighted by atomic mass is 10.0. The molecule has 3 N–H and O–H groups in total. The molecule has 1 aromatic carbocycles. The number of carbonyl (C=O) groups is 1. The van der Waals surface area contributed by atoms with E-state index < -0.39 is 35.2 Å². The summed E-state index contributed by atoms with van der Waals surface area (Å²) in [5.41, 5.74) is 0.674. The molecule has 0 aliphatic rings. The van der Waals surface area contributed by atoms with Crippen molar-refractivity contribution in [2.75, 3.05) is 0 Å². The number of aryl methyl sites for hydroxylation is 2. The molecule has 2 rings (SSSR count). The van der Waals surface area contributed by atoms with Crippen molar-refractivity contribution in [1.29, 1.82) is 0 Å². The highest BCUT2D eigenvalue weighted by Crippen LogP contribution is 2.19. The van der Waals surface area contributed by atoms with Gasteiger partial charge in [0.25, 0.3) is 11.5 Å². The van der Waals surface area contributed by atoms with Crippen LogP contribution < -0.4 is 10.9 Å². The number of aliphatic hydroxyl groups is 1. The minimum atomic E-state index is -1.26. The predicted molar refractivity (Wildman–Crippen MR) is 84.8 cm³/mol. The molecule has 2 aromatic rings. The van der Waals surface area contributed by atoms with Crippen molar-refractivity contribution in [3.63, 3.8) is 0 Å². The van der Waals surface area contributed by atoms with E-state index in [9.17, 15) is 23.5 Å². The fraction of sp³-hybridized carbons (Fsp3) is 0.294. The number of aromatic amines is 1. The van der Waals surface area contributed by atoms with E-state index in [2.05, 4.69) is 10.3 Å². The number of aromatic nitrogens is 1. The molecule has 2 unspecified atom stereocenters. The van der Waals surface area contributed by atoms with Gasteiger partial charge in [0.2, 0.25) is 0 Å². The van der Waals surface area contributed by atoms with E-state index in [1.807, 2.05) is 0 Å². The third kappa shape index (κ3) is 3.68. The Labute approximate surface area is 137 Å². The van der Waals surface area contributed by atoms with Gasteiger partial charge in [-0.3, -0.25) is 9.59 Å². The first-order valence-electron chi connectivity index (χ1n) is 7.35. The summed E-state index contributed by atoms with van der Waals surface area (Å²) in [5.74, 6) is -2.76. The molecule has 128 valence electrons. The summed E-state index contributed by atoms with van der Waals surface area (Å²) in [4.78, 5) is 26.8. The Morgan fingerprint density at radius 3 is 2.46 bits per heavy atom. The second kappa shape index (κ2) is 6.92. The van der Waals surface area contributed by atoms with E-state index in [0.717, 1.165) is 12.1 Å². The highest BCUT2D eigenvalue weighted by Gasteiger charge is 2.22. The van der Waals surface area contributed by atoms with E-state index in [-0.39, 0.29) is 11.1 Å². The summed E-state index contributed by atoms with van der Waals surface area (Å²) < 4.78 is 26.2. The third-order valence-corrected chi connectivity index (χ3v) is 3.71. The van der Waals surface area contributed by atoms with Gasteiger partial charge in [-0.2, -0.15) is 0 Å². The molecule has 7 heteroatoms. The van der Waals surface area contributed by atoms with Crippen molar-refractivity contribution < 1.29 is 18.7 Å². The molecule has 0 bridgehead atoms. The Morgan fingerprint density at radius 1 is 1.21 bits per heavy atom. The number of hydrogen-bond acceptors (Lipinski definition) is 3. The first-order valence-corrected chi connectivity index (χ1v) is 7.35. The van der Waals surface area contributed by atoms with Gasteiger partial charge in [-0.05, 0) is 50.1 Å². The lowest BCUT2D eigenvalue weighted by molar-refractivity contribution is 0.0849. The summed E-state index contributed by atoms with van der Waals surface area (Å²) in [6, 6.07) is 3.84. The van der Waals surface area contributed by atoms with Crippen molar-refractivity contribution in [3.8, 4) is 0 Å². The summed E-state index contributed by atoms with van der Waals surface area (Å²) in [6.07, 6.45) is -1.26. The number of carbonyl (C=O) groups excluding carboxylic acids is 1. The topological polar surface area (TPSA) is 82.2 Å². The number of hydrogen-bond donors (Lipinski definition) is 3. The number of nitrogens with one attached hydrogen (secondary N) is 2. The van der Waals surface area contributed by atoms with Crippen LogP contribution in [-0.4, -0.2) is 22.0 Å². The van der Waals surface area contributed by atoms with Crippen LogP contribution in [0.5, 0.6) is 0 Å². The average molecular weight is 336 g/mol. The Balaban J connectivity index is 2.19. The van der Waals surface area contributed by atoms with Gasteiger partial charge >= 0.3 is 0 Å². The number of halogens is 2. The number of benzene rings is 1. The maximum Gasteiger partial charge on any atom is 0.261 e. The lowest BCUT2D eigenvalue weighted by Crippen LogP contribution is -2.40. The van der Waals surface area contributed by atoms with Crippen LogP contribution >= 0.6 is 0 Å². The summed E-state index contributed by atoms with van der Waals surface area (Å²) in [7, 11) is 0. The van der Waals surface area contributed by atoms with E-state index in [1.54, 1.807) is 19.9 Å². The van der Waals surface area contributed by atoms with Crippen LogP contribution in [0.15, 0.2) is 29.1 Å². The van der Waals surface area contributed by atoms with Gasteiger partial charge in [0.1, 0.15) is 5.56 Å². The van der Waals surface area contributed by atoms with Gasteiger partial charge < -0.3 is 15.4 Å². The highest BCUT2D eigenvalue weighted by molar-refractivity contribution is 5.95. The zero-order valence-electron chi connectivity index (χ0n) is 13.5. The van der Waals surface area contributed by atoms with Crippen molar-refractivity contribution in [2.45, 2.75) is 32.9 Å². The number of H-pyrrole nitrogens is 1. The van der Waals surface area contributed by atoms with Crippen LogP contribution in [-0.2, 0) is 0 Å². The largest absolute Gasteiger partial charge is 0.386 e. The van der Waals surface area contributed by atoms with Crippen LogP contribution in [0, 0.1) is 25.5 Å². The van der Waals surface area contributed by atoms with E-state index in [0.29, 0.717) is 11.3 Å². The number of aliphatic hydroxyl groups excluding tert-OH is 1. The van der Waals surface area contributed by atoms with Gasteiger partial charge in [0, 0.05) is 5.69 Å². The van der Waals surface area contributed by atoms with Crippen molar-refractivity contribution in [1.82, 2.24) is 10.3 Å². The van der Waals surface area contributed by atoms with Gasteiger partial charge in [0.15, 0.2) is 11.6 Å². The van der Waals surface area contributed by atoms with Gasteiger partial charge in [-0.25, -0.2) is 8.78 Å². The monoisotopic (exact) mass is 336 g/mol. The van der Waals surface area contributed by atoms with Gasteiger partial charge in [0.05, 0.1) is 12.1 Å². The fourth-order valence-electron chi connectivity index (χ4n) is 2.48. The Bertz CT molecular complexity index is 833. The van der Waals surface area contributed by atoms with Crippen molar-refractivity contribution in [2.24, 2.45) is 0 Å². The zero-order chi connectivity index (χ0) is 18.0. The molecular weight excluding hydrogens is 318 g/mol. The number of pyridine rings is 1. The van der Waals surface area contributed by atoms with Crippen molar-refractivity contribution >= 4 is 5.91 Å². The zero-order valence-corrected chi connectivity index (χ0v) is 13.5. The van der Waals surface area contributed by atoms with Crippen LogP contribution in [0.4, 0.5) is 8.78 Å². The van der Waals surface area contributed by atoms with E-state index in [4.69, 9.17) is 0 Å². The Kier molecular flexibility index (Phi) is 5.14. The van der Waals surface area contributed by atoms with Crippen LogP contribution in [0.2, 0.25) is 0 Å². The van der Waals surface area contributed by atoms with Crippen LogP contribution in [0.1, 0.15) is 40.2 Å². The Morgan fingerprint density at radius 2 is 1.88 bits per heavy atom. The van der Waals surface area contributed by atoms with E-state index >= 15 is 0 Å². The second-order valence-corrected chi connectivity index (χ2v) is 5.72. The number of rotatable bonds is 4. The number of amides is 1. The molecule has 0 aliphatic carbocycles. The molecular formula is C17H18F2N2O3. The smallest absolute Gasteiger partial charge is 0.261 e. The first-order chi connectivity index (χ1) is 11.2. The molecule has 5 nitrogen and oxygen atoms in total.